The molecular weight excluding hydrogens is 371 g/mol. The number of carbonyl (C=O) groups is 4. The molecule has 8 nitrogen and oxygen atoms in total. The Bertz CT molecular complexity index is 707. The smallest absolute Gasteiger partial charge is 0.326 e. The third-order valence-corrected chi connectivity index (χ3v) is 3.94. The van der Waals surface area contributed by atoms with Gasteiger partial charge in [0.25, 0.3) is 0 Å². The van der Waals surface area contributed by atoms with Crippen LogP contribution in [0.4, 0.5) is 4.39 Å². The van der Waals surface area contributed by atoms with Gasteiger partial charge in [0.15, 0.2) is 0 Å². The van der Waals surface area contributed by atoms with Crippen LogP contribution in [-0.2, 0) is 30.3 Å². The molecule has 1 aromatic rings. The maximum Gasteiger partial charge on any atom is 0.326 e. The van der Waals surface area contributed by atoms with Crippen molar-refractivity contribution in [2.75, 3.05) is 6.61 Å². The number of carboxylic acid groups (broad SMARTS) is 1. The first kappa shape index (κ1) is 23.1. The van der Waals surface area contributed by atoms with Crippen LogP contribution in [0.1, 0.15) is 32.8 Å². The number of hydrogen-bond acceptors (Lipinski definition) is 5. The Kier molecular flexibility index (Phi) is 9.07. The molecule has 3 N–H and O–H groups in total. The first-order chi connectivity index (χ1) is 13.1. The first-order valence-electron chi connectivity index (χ1n) is 8.85. The highest BCUT2D eigenvalue weighted by Gasteiger charge is 2.29. The molecule has 0 fully saturated rings. The van der Waals surface area contributed by atoms with Gasteiger partial charge in [-0.2, -0.15) is 0 Å². The van der Waals surface area contributed by atoms with Crippen LogP contribution in [0.25, 0.3) is 0 Å². The van der Waals surface area contributed by atoms with Crippen molar-refractivity contribution >= 4 is 23.8 Å². The Morgan fingerprint density at radius 3 is 2.21 bits per heavy atom. The monoisotopic (exact) mass is 396 g/mol. The number of aliphatic carboxylic acids is 1. The minimum Gasteiger partial charge on any atom is -0.480 e. The molecule has 154 valence electrons. The fraction of sp³-hybridized carbons (Fsp3) is 0.474. The van der Waals surface area contributed by atoms with Crippen LogP contribution in [0.3, 0.4) is 0 Å². The zero-order chi connectivity index (χ0) is 21.3. The van der Waals surface area contributed by atoms with Gasteiger partial charge < -0.3 is 20.5 Å². The lowest BCUT2D eigenvalue weighted by Gasteiger charge is -2.22. The summed E-state index contributed by atoms with van der Waals surface area (Å²) in [6.07, 6.45) is -0.116. The Labute approximate surface area is 162 Å². The van der Waals surface area contributed by atoms with Gasteiger partial charge in [0.2, 0.25) is 11.8 Å². The average Bonchev–Trinajstić information content (AvgIpc) is 2.61. The molecule has 0 unspecified atom stereocenters. The van der Waals surface area contributed by atoms with E-state index in [2.05, 4.69) is 10.6 Å². The van der Waals surface area contributed by atoms with Gasteiger partial charge in [-0.25, -0.2) is 9.18 Å². The Balaban J connectivity index is 2.86. The molecule has 1 rings (SSSR count). The zero-order valence-corrected chi connectivity index (χ0v) is 16.0. The molecule has 1 aromatic carbocycles. The van der Waals surface area contributed by atoms with Crippen LogP contribution in [0.5, 0.6) is 0 Å². The van der Waals surface area contributed by atoms with Gasteiger partial charge in [-0.15, -0.1) is 0 Å². The molecule has 0 saturated carbocycles. The standard InChI is InChI=1S/C19H25FN2O6/c1-4-28-19(27)11(2)9-16(18(25)26)22-17(24)15(21-12(3)23)10-13-5-7-14(20)8-6-13/h5-8,11,15-16H,4,9-10H2,1-3H3,(H,21,23)(H,22,24)(H,25,26)/t11-,15+,16+/m0/s1. The number of carboxylic acids is 1. The van der Waals surface area contributed by atoms with E-state index in [1.807, 2.05) is 0 Å². The lowest BCUT2D eigenvalue weighted by Crippen LogP contribution is -2.52. The summed E-state index contributed by atoms with van der Waals surface area (Å²) in [5, 5.41) is 14.2. The number of nitrogens with one attached hydrogen (secondary N) is 2. The van der Waals surface area contributed by atoms with Gasteiger partial charge in [0, 0.05) is 13.3 Å². The molecule has 0 spiro atoms. The van der Waals surface area contributed by atoms with Crippen molar-refractivity contribution in [3.05, 3.63) is 35.6 Å². The number of carbonyl (C=O) groups excluding carboxylic acids is 3. The summed E-state index contributed by atoms with van der Waals surface area (Å²) in [6, 6.07) is 2.99. The molecule has 9 heteroatoms. The Morgan fingerprint density at radius 1 is 1.11 bits per heavy atom. The van der Waals surface area contributed by atoms with Crippen molar-refractivity contribution < 1.29 is 33.4 Å². The largest absolute Gasteiger partial charge is 0.480 e. The van der Waals surface area contributed by atoms with Crippen molar-refractivity contribution in [1.82, 2.24) is 10.6 Å². The number of rotatable bonds is 10. The van der Waals surface area contributed by atoms with Crippen LogP contribution in [0.2, 0.25) is 0 Å². The summed E-state index contributed by atoms with van der Waals surface area (Å²) in [5.41, 5.74) is 0.585. The number of ether oxygens (including phenoxy) is 1. The minimum absolute atomic E-state index is 0.0471. The number of hydrogen-bond donors (Lipinski definition) is 3. The highest BCUT2D eigenvalue weighted by molar-refractivity contribution is 5.90. The Hall–Kier alpha value is -2.97. The number of esters is 1. The van der Waals surface area contributed by atoms with E-state index in [-0.39, 0.29) is 19.4 Å². The summed E-state index contributed by atoms with van der Waals surface area (Å²) in [7, 11) is 0. The van der Waals surface area contributed by atoms with Crippen LogP contribution >= 0.6 is 0 Å². The quantitative estimate of drug-likeness (QED) is 0.508. The SMILES string of the molecule is CCOC(=O)[C@@H](C)C[C@@H](NC(=O)[C@@H](Cc1ccc(F)cc1)NC(C)=O)C(=O)O. The lowest BCUT2D eigenvalue weighted by molar-refractivity contribution is -0.149. The van der Waals surface area contributed by atoms with E-state index >= 15 is 0 Å². The summed E-state index contributed by atoms with van der Waals surface area (Å²) in [5.74, 6) is -4.25. The van der Waals surface area contributed by atoms with Crippen molar-refractivity contribution in [2.45, 2.75) is 45.7 Å². The van der Waals surface area contributed by atoms with E-state index < -0.39 is 47.6 Å². The molecular formula is C19H25FN2O6. The van der Waals surface area contributed by atoms with E-state index in [4.69, 9.17) is 4.74 Å². The Morgan fingerprint density at radius 2 is 1.71 bits per heavy atom. The second kappa shape index (κ2) is 11.0. The lowest BCUT2D eigenvalue weighted by atomic mass is 10.0. The molecule has 28 heavy (non-hydrogen) atoms. The molecule has 0 aliphatic heterocycles. The molecule has 3 atom stereocenters. The van der Waals surface area contributed by atoms with E-state index in [0.717, 1.165) is 0 Å². The van der Waals surface area contributed by atoms with Gasteiger partial charge in [0.1, 0.15) is 17.9 Å². The topological polar surface area (TPSA) is 122 Å². The van der Waals surface area contributed by atoms with Crippen molar-refractivity contribution in [1.29, 1.82) is 0 Å². The molecule has 0 aromatic heterocycles. The van der Waals surface area contributed by atoms with E-state index in [9.17, 15) is 28.7 Å². The summed E-state index contributed by atoms with van der Waals surface area (Å²) < 4.78 is 17.9. The highest BCUT2D eigenvalue weighted by atomic mass is 19.1. The molecule has 0 heterocycles. The second-order valence-electron chi connectivity index (χ2n) is 6.37. The molecule has 0 aliphatic carbocycles. The average molecular weight is 396 g/mol. The van der Waals surface area contributed by atoms with E-state index in [1.165, 1.54) is 38.1 Å². The highest BCUT2D eigenvalue weighted by Crippen LogP contribution is 2.11. The molecule has 0 saturated heterocycles. The van der Waals surface area contributed by atoms with Gasteiger partial charge in [-0.1, -0.05) is 19.1 Å². The summed E-state index contributed by atoms with van der Waals surface area (Å²) in [6.45, 7) is 4.52. The van der Waals surface area contributed by atoms with Gasteiger partial charge in [-0.3, -0.25) is 14.4 Å². The third-order valence-electron chi connectivity index (χ3n) is 3.94. The zero-order valence-electron chi connectivity index (χ0n) is 16.0. The number of halogens is 1. The van der Waals surface area contributed by atoms with Crippen molar-refractivity contribution in [3.8, 4) is 0 Å². The fourth-order valence-corrected chi connectivity index (χ4v) is 2.54. The minimum atomic E-state index is -1.34. The first-order valence-corrected chi connectivity index (χ1v) is 8.85. The number of amides is 2. The predicted molar refractivity (Wildman–Crippen MR) is 97.7 cm³/mol. The predicted octanol–water partition coefficient (Wildman–Crippen LogP) is 1.03. The van der Waals surface area contributed by atoms with Crippen molar-refractivity contribution in [3.63, 3.8) is 0 Å². The second-order valence-corrected chi connectivity index (χ2v) is 6.37. The van der Waals surface area contributed by atoms with E-state index in [0.29, 0.717) is 5.56 Å². The van der Waals surface area contributed by atoms with Gasteiger partial charge in [0.05, 0.1) is 12.5 Å². The maximum absolute atomic E-state index is 13.0. The van der Waals surface area contributed by atoms with E-state index in [1.54, 1.807) is 6.92 Å². The third kappa shape index (κ3) is 7.73. The van der Waals surface area contributed by atoms with Crippen LogP contribution < -0.4 is 10.6 Å². The summed E-state index contributed by atoms with van der Waals surface area (Å²) >= 11 is 0. The normalized spacial score (nSPS) is 13.7. The van der Waals surface area contributed by atoms with Crippen molar-refractivity contribution in [2.24, 2.45) is 5.92 Å². The molecule has 2 amide bonds. The molecule has 0 bridgehead atoms. The van der Waals surface area contributed by atoms with Crippen LogP contribution in [-0.4, -0.2) is 47.6 Å². The number of benzene rings is 1. The summed E-state index contributed by atoms with van der Waals surface area (Å²) in [4.78, 5) is 47.2. The van der Waals surface area contributed by atoms with Gasteiger partial charge in [-0.05, 0) is 31.0 Å². The van der Waals surface area contributed by atoms with Gasteiger partial charge >= 0.3 is 11.9 Å². The van der Waals surface area contributed by atoms with Crippen LogP contribution in [0, 0.1) is 11.7 Å². The maximum atomic E-state index is 13.0. The molecule has 0 radical (unpaired) electrons. The molecule has 0 aliphatic rings. The fourth-order valence-electron chi connectivity index (χ4n) is 2.54. The van der Waals surface area contributed by atoms with Crippen LogP contribution in [0.15, 0.2) is 24.3 Å².